The van der Waals surface area contributed by atoms with Gasteiger partial charge in [0.15, 0.2) is 0 Å². The number of nitro groups is 1. The van der Waals surface area contributed by atoms with Gasteiger partial charge in [-0.3, -0.25) is 14.9 Å². The first-order valence-corrected chi connectivity index (χ1v) is 10.2. The van der Waals surface area contributed by atoms with E-state index < -0.39 is 10.3 Å². The summed E-state index contributed by atoms with van der Waals surface area (Å²) in [5.74, 6) is 0.402. The van der Waals surface area contributed by atoms with Crippen molar-refractivity contribution in [1.29, 1.82) is 0 Å². The number of rotatable bonds is 9. The number of benzene rings is 1. The minimum atomic E-state index is -0.685. The Morgan fingerprint density at radius 3 is 2.53 bits per heavy atom. The molecular weight excluding hydrogens is 386 g/mol. The molecule has 1 heterocycles. The van der Waals surface area contributed by atoms with Gasteiger partial charge in [-0.25, -0.2) is 4.98 Å². The Morgan fingerprint density at radius 2 is 1.93 bits per heavy atom. The van der Waals surface area contributed by atoms with Gasteiger partial charge in [0.1, 0.15) is 6.61 Å². The summed E-state index contributed by atoms with van der Waals surface area (Å²) in [5, 5.41) is 13.9. The van der Waals surface area contributed by atoms with Gasteiger partial charge in [-0.1, -0.05) is 25.0 Å². The van der Waals surface area contributed by atoms with Crippen molar-refractivity contribution in [2.45, 2.75) is 44.9 Å². The molecule has 0 aliphatic heterocycles. The first-order valence-electron chi connectivity index (χ1n) is 10.2. The monoisotopic (exact) mass is 413 g/mol. The number of aryl methyl sites for hydroxylation is 1. The number of carbonyl (C=O) groups is 1. The van der Waals surface area contributed by atoms with E-state index in [1.165, 1.54) is 12.1 Å². The van der Waals surface area contributed by atoms with Crippen molar-refractivity contribution in [3.63, 3.8) is 0 Å². The number of ether oxygens (including phenoxy) is 2. The largest absolute Gasteiger partial charge is 0.475 e. The molecule has 1 fully saturated rings. The number of hydrogen-bond donors (Lipinski definition) is 1. The molecule has 0 bridgehead atoms. The van der Waals surface area contributed by atoms with E-state index in [0.717, 1.165) is 24.0 Å². The van der Waals surface area contributed by atoms with Gasteiger partial charge in [0.2, 0.25) is 11.8 Å². The highest BCUT2D eigenvalue weighted by atomic mass is 16.6. The van der Waals surface area contributed by atoms with Crippen molar-refractivity contribution in [1.82, 2.24) is 4.98 Å². The summed E-state index contributed by atoms with van der Waals surface area (Å²) in [6.07, 6.45) is 4.88. The van der Waals surface area contributed by atoms with Crippen LogP contribution in [0.5, 0.6) is 5.88 Å². The third-order valence-electron chi connectivity index (χ3n) is 5.48. The highest BCUT2D eigenvalue weighted by molar-refractivity contribution is 5.99. The summed E-state index contributed by atoms with van der Waals surface area (Å²) in [6.45, 7) is 5.34. The zero-order valence-corrected chi connectivity index (χ0v) is 17.3. The Morgan fingerprint density at radius 1 is 1.23 bits per heavy atom. The molecule has 1 aliphatic carbocycles. The van der Waals surface area contributed by atoms with Crippen LogP contribution < -0.4 is 10.1 Å². The minimum Gasteiger partial charge on any atom is -0.475 e. The average Bonchev–Trinajstić information content (AvgIpc) is 3.24. The molecule has 0 saturated heterocycles. The van der Waals surface area contributed by atoms with Gasteiger partial charge in [-0.2, -0.15) is 0 Å². The fraction of sp³-hybridized carbons (Fsp3) is 0.455. The molecule has 3 rings (SSSR count). The molecule has 2 aromatic rings. The highest BCUT2D eigenvalue weighted by Gasteiger charge is 2.42. The fourth-order valence-electron chi connectivity index (χ4n) is 3.90. The van der Waals surface area contributed by atoms with Crippen molar-refractivity contribution < 1.29 is 19.2 Å². The summed E-state index contributed by atoms with van der Waals surface area (Å²) < 4.78 is 10.9. The van der Waals surface area contributed by atoms with Crippen molar-refractivity contribution in [3.05, 3.63) is 57.8 Å². The van der Waals surface area contributed by atoms with Crippen LogP contribution in [-0.4, -0.2) is 35.6 Å². The van der Waals surface area contributed by atoms with Gasteiger partial charge in [0.25, 0.3) is 5.69 Å². The first kappa shape index (κ1) is 21.7. The van der Waals surface area contributed by atoms with Crippen LogP contribution in [-0.2, 0) is 14.9 Å². The number of nitrogens with zero attached hydrogens (tertiary/aromatic N) is 2. The van der Waals surface area contributed by atoms with Crippen LogP contribution in [0, 0.1) is 17.0 Å². The maximum absolute atomic E-state index is 13.3. The van der Waals surface area contributed by atoms with E-state index in [2.05, 4.69) is 10.3 Å². The Bertz CT molecular complexity index is 892. The molecule has 30 heavy (non-hydrogen) atoms. The molecule has 160 valence electrons. The predicted octanol–water partition coefficient (Wildman–Crippen LogP) is 4.16. The van der Waals surface area contributed by atoms with Gasteiger partial charge in [0, 0.05) is 24.3 Å². The number of amides is 1. The Hall–Kier alpha value is -3.00. The van der Waals surface area contributed by atoms with Gasteiger partial charge in [-0.05, 0) is 38.3 Å². The average molecular weight is 413 g/mol. The quantitative estimate of drug-likeness (QED) is 0.376. The van der Waals surface area contributed by atoms with Crippen LogP contribution in [0.2, 0.25) is 0 Å². The van der Waals surface area contributed by atoms with E-state index in [9.17, 15) is 14.9 Å². The molecule has 0 radical (unpaired) electrons. The smallest absolute Gasteiger partial charge is 0.269 e. The maximum atomic E-state index is 13.3. The number of nitrogens with one attached hydrogen (secondary N) is 1. The van der Waals surface area contributed by atoms with Crippen molar-refractivity contribution in [2.75, 3.05) is 25.1 Å². The second kappa shape index (κ2) is 9.67. The zero-order chi connectivity index (χ0) is 21.6. The van der Waals surface area contributed by atoms with Crippen molar-refractivity contribution in [2.24, 2.45) is 0 Å². The third kappa shape index (κ3) is 4.76. The lowest BCUT2D eigenvalue weighted by atomic mass is 9.78. The van der Waals surface area contributed by atoms with E-state index in [1.807, 2.05) is 19.9 Å². The number of hydrogen-bond acceptors (Lipinski definition) is 6. The van der Waals surface area contributed by atoms with Gasteiger partial charge >= 0.3 is 0 Å². The topological polar surface area (TPSA) is 104 Å². The summed E-state index contributed by atoms with van der Waals surface area (Å²) in [6, 6.07) is 8.15. The number of aromatic nitrogens is 1. The Labute approximate surface area is 175 Å². The van der Waals surface area contributed by atoms with E-state index in [1.54, 1.807) is 18.3 Å². The van der Waals surface area contributed by atoms with Gasteiger partial charge < -0.3 is 14.8 Å². The molecule has 8 heteroatoms. The van der Waals surface area contributed by atoms with Crippen LogP contribution >= 0.6 is 0 Å². The second-order valence-corrected chi connectivity index (χ2v) is 7.44. The highest BCUT2D eigenvalue weighted by Crippen LogP contribution is 2.42. The van der Waals surface area contributed by atoms with Crippen LogP contribution in [0.4, 0.5) is 11.4 Å². The van der Waals surface area contributed by atoms with Crippen molar-refractivity contribution in [3.8, 4) is 5.88 Å². The Kier molecular flexibility index (Phi) is 6.99. The van der Waals surface area contributed by atoms with E-state index >= 15 is 0 Å². The lowest BCUT2D eigenvalue weighted by Crippen LogP contribution is -2.38. The van der Waals surface area contributed by atoms with Crippen LogP contribution in [0.25, 0.3) is 0 Å². The molecule has 1 aromatic heterocycles. The Balaban J connectivity index is 1.74. The lowest BCUT2D eigenvalue weighted by molar-refractivity contribution is -0.384. The molecule has 1 aliphatic rings. The number of nitro benzene ring substituents is 1. The standard InChI is InChI=1S/C22H27N3O5/c1-3-29-12-13-30-20-16(2)14-18(15-23-20)24-21(26)22(10-4-5-11-22)17-6-8-19(9-7-17)25(27)28/h6-9,14-15H,3-5,10-13H2,1-2H3,(H,24,26). The minimum absolute atomic E-state index is 0.0204. The third-order valence-corrected chi connectivity index (χ3v) is 5.48. The van der Waals surface area contributed by atoms with Crippen LogP contribution in [0.15, 0.2) is 36.5 Å². The van der Waals surface area contributed by atoms with E-state index in [4.69, 9.17) is 9.47 Å². The number of carbonyl (C=O) groups excluding carboxylic acids is 1. The van der Waals surface area contributed by atoms with Crippen LogP contribution in [0.1, 0.15) is 43.7 Å². The summed E-state index contributed by atoms with van der Waals surface area (Å²) in [4.78, 5) is 28.1. The van der Waals surface area contributed by atoms with Crippen LogP contribution in [0.3, 0.4) is 0 Å². The van der Waals surface area contributed by atoms with Gasteiger partial charge in [0.05, 0.1) is 28.8 Å². The molecule has 1 aromatic carbocycles. The van der Waals surface area contributed by atoms with Gasteiger partial charge in [-0.15, -0.1) is 0 Å². The molecule has 0 spiro atoms. The molecular formula is C22H27N3O5. The van der Waals surface area contributed by atoms with E-state index in [-0.39, 0.29) is 11.6 Å². The summed E-state index contributed by atoms with van der Waals surface area (Å²) in [5.41, 5.74) is 1.56. The van der Waals surface area contributed by atoms with E-state index in [0.29, 0.717) is 44.2 Å². The molecule has 1 saturated carbocycles. The fourth-order valence-corrected chi connectivity index (χ4v) is 3.90. The molecule has 8 nitrogen and oxygen atoms in total. The zero-order valence-electron chi connectivity index (χ0n) is 17.3. The first-order chi connectivity index (χ1) is 14.5. The number of anilines is 1. The number of pyridine rings is 1. The summed E-state index contributed by atoms with van der Waals surface area (Å²) in [7, 11) is 0. The molecule has 1 N–H and O–H groups in total. The lowest BCUT2D eigenvalue weighted by Gasteiger charge is -2.28. The maximum Gasteiger partial charge on any atom is 0.269 e. The molecule has 0 atom stereocenters. The molecule has 0 unspecified atom stereocenters. The summed E-state index contributed by atoms with van der Waals surface area (Å²) >= 11 is 0. The predicted molar refractivity (Wildman–Crippen MR) is 113 cm³/mol. The normalized spacial score (nSPS) is 15.0. The SMILES string of the molecule is CCOCCOc1ncc(NC(=O)C2(c3ccc([N+](=O)[O-])cc3)CCCC2)cc1C. The number of non-ortho nitro benzene ring substituents is 1. The second-order valence-electron chi connectivity index (χ2n) is 7.44. The van der Waals surface area contributed by atoms with Crippen molar-refractivity contribution >= 4 is 17.3 Å². The molecule has 1 amide bonds.